The molecule has 3 nitrogen and oxygen atoms in total. The summed E-state index contributed by atoms with van der Waals surface area (Å²) in [6.45, 7) is 4.44. The molecule has 1 atom stereocenters. The molecule has 1 aromatic carbocycles. The molecule has 0 fully saturated rings. The highest BCUT2D eigenvalue weighted by atomic mass is 35.5. The zero-order valence-electron chi connectivity index (χ0n) is 15.6. The molecule has 0 saturated heterocycles. The zero-order chi connectivity index (χ0) is 18.7. The molecule has 3 rings (SSSR count). The lowest BCUT2D eigenvalue weighted by Gasteiger charge is -2.47. The maximum Gasteiger partial charge on any atom is 0.354 e. The van der Waals surface area contributed by atoms with E-state index < -0.39 is 0 Å². The van der Waals surface area contributed by atoms with E-state index in [1.54, 1.807) is 0 Å². The number of halogens is 1. The van der Waals surface area contributed by atoms with E-state index in [0.717, 1.165) is 36.8 Å². The van der Waals surface area contributed by atoms with Crippen LogP contribution in [0.3, 0.4) is 0 Å². The topological polar surface area (TPSA) is 38.3 Å². The summed E-state index contributed by atoms with van der Waals surface area (Å²) in [4.78, 5) is 12.4. The molecule has 1 N–H and O–H groups in total. The van der Waals surface area contributed by atoms with Crippen molar-refractivity contribution in [2.24, 2.45) is 5.41 Å². The van der Waals surface area contributed by atoms with E-state index in [1.165, 1.54) is 12.7 Å². The molecule has 0 radical (unpaired) electrons. The van der Waals surface area contributed by atoms with Crippen molar-refractivity contribution < 1.29 is 9.53 Å². The first-order valence-corrected chi connectivity index (χ1v) is 9.69. The minimum absolute atomic E-state index is 0.00340. The van der Waals surface area contributed by atoms with E-state index in [9.17, 15) is 4.79 Å². The lowest BCUT2D eigenvalue weighted by atomic mass is 9.62. The predicted molar refractivity (Wildman–Crippen MR) is 106 cm³/mol. The lowest BCUT2D eigenvalue weighted by molar-refractivity contribution is -0.136. The maximum absolute atomic E-state index is 12.4. The fraction of sp³-hybridized carbons (Fsp3) is 0.409. The Labute approximate surface area is 160 Å². The molecule has 26 heavy (non-hydrogen) atoms. The van der Waals surface area contributed by atoms with Crippen LogP contribution in [0.5, 0.6) is 0 Å². The van der Waals surface area contributed by atoms with E-state index in [4.69, 9.17) is 16.3 Å². The van der Waals surface area contributed by atoms with Gasteiger partial charge in [-0.15, -0.1) is 0 Å². The van der Waals surface area contributed by atoms with Gasteiger partial charge >= 0.3 is 5.97 Å². The first-order chi connectivity index (χ1) is 12.6. The Hall–Kier alpha value is -2.00. The molecule has 1 aliphatic carbocycles. The first kappa shape index (κ1) is 18.8. The van der Waals surface area contributed by atoms with E-state index >= 15 is 0 Å². The second kappa shape index (κ2) is 7.71. The van der Waals surface area contributed by atoms with Crippen LogP contribution in [0.15, 0.2) is 59.3 Å². The van der Waals surface area contributed by atoms with Crippen LogP contribution in [0, 0.1) is 5.41 Å². The van der Waals surface area contributed by atoms with Gasteiger partial charge in [-0.1, -0.05) is 68.7 Å². The standard InChI is InChI=1S/C22H26ClNO2/c1-4-13-22(14-5-2)18-8-6-7-17(18)19(21(25)26-3)24-20(22)15-9-11-16(23)12-10-15/h6-12,20,24H,4-5,13-14H2,1-3H3. The maximum atomic E-state index is 12.4. The molecule has 0 spiro atoms. The van der Waals surface area contributed by atoms with Crippen LogP contribution < -0.4 is 5.32 Å². The van der Waals surface area contributed by atoms with E-state index in [2.05, 4.69) is 37.4 Å². The van der Waals surface area contributed by atoms with Crippen molar-refractivity contribution in [1.82, 2.24) is 5.32 Å². The Morgan fingerprint density at radius 3 is 2.42 bits per heavy atom. The summed E-state index contributed by atoms with van der Waals surface area (Å²) in [7, 11) is 1.43. The van der Waals surface area contributed by atoms with E-state index in [1.807, 2.05) is 24.3 Å². The number of methoxy groups -OCH3 is 1. The molecule has 0 bridgehead atoms. The second-order valence-electron chi connectivity index (χ2n) is 7.00. The Bertz CT molecular complexity index is 768. The van der Waals surface area contributed by atoms with Crippen LogP contribution >= 0.6 is 11.6 Å². The van der Waals surface area contributed by atoms with Gasteiger partial charge in [-0.25, -0.2) is 4.79 Å². The highest BCUT2D eigenvalue weighted by Gasteiger charge is 2.48. The molecule has 1 aromatic rings. The van der Waals surface area contributed by atoms with Crippen LogP contribution in [0.4, 0.5) is 0 Å². The number of fused-ring (bicyclic) bond motifs is 1. The third-order valence-corrected chi connectivity index (χ3v) is 5.70. The average molecular weight is 372 g/mol. The molecule has 0 aromatic heterocycles. The van der Waals surface area contributed by atoms with Crippen LogP contribution in [0.1, 0.15) is 51.1 Å². The SMILES string of the molecule is CCCC1(CCC)C2=CC=CC2=C(C(=O)OC)NC1c1ccc(Cl)cc1. The molecule has 1 aliphatic heterocycles. The van der Waals surface area contributed by atoms with Gasteiger partial charge in [0.05, 0.1) is 13.2 Å². The van der Waals surface area contributed by atoms with Gasteiger partial charge in [-0.05, 0) is 36.1 Å². The molecule has 1 unspecified atom stereocenters. The molecule has 0 saturated carbocycles. The second-order valence-corrected chi connectivity index (χ2v) is 7.44. The molecule has 0 amide bonds. The molecule has 138 valence electrons. The molecule has 4 heteroatoms. The number of esters is 1. The van der Waals surface area contributed by atoms with Crippen molar-refractivity contribution in [2.45, 2.75) is 45.6 Å². The lowest BCUT2D eigenvalue weighted by Crippen LogP contribution is -2.45. The van der Waals surface area contributed by atoms with Gasteiger partial charge in [0.2, 0.25) is 0 Å². The number of nitrogens with one attached hydrogen (secondary N) is 1. The summed E-state index contributed by atoms with van der Waals surface area (Å²) in [5.74, 6) is -0.321. The Kier molecular flexibility index (Phi) is 5.57. The van der Waals surface area contributed by atoms with Gasteiger partial charge in [-0.3, -0.25) is 0 Å². The van der Waals surface area contributed by atoms with E-state index in [-0.39, 0.29) is 17.4 Å². The highest BCUT2D eigenvalue weighted by Crippen LogP contribution is 2.55. The smallest absolute Gasteiger partial charge is 0.354 e. The van der Waals surface area contributed by atoms with Crippen molar-refractivity contribution in [3.63, 3.8) is 0 Å². The highest BCUT2D eigenvalue weighted by molar-refractivity contribution is 6.30. The number of rotatable bonds is 6. The van der Waals surface area contributed by atoms with Gasteiger partial charge in [0, 0.05) is 16.0 Å². The number of carbonyl (C=O) groups is 1. The number of hydrogen-bond acceptors (Lipinski definition) is 3. The van der Waals surface area contributed by atoms with E-state index in [0.29, 0.717) is 10.7 Å². The van der Waals surface area contributed by atoms with Gasteiger partial charge in [-0.2, -0.15) is 0 Å². The van der Waals surface area contributed by atoms with Crippen molar-refractivity contribution in [3.05, 3.63) is 69.9 Å². The fourth-order valence-corrected chi connectivity index (χ4v) is 4.62. The largest absolute Gasteiger partial charge is 0.464 e. The number of benzene rings is 1. The van der Waals surface area contributed by atoms with Crippen molar-refractivity contribution in [2.75, 3.05) is 7.11 Å². The number of carbonyl (C=O) groups excluding carboxylic acids is 1. The van der Waals surface area contributed by atoms with Crippen LogP contribution in [0.2, 0.25) is 5.02 Å². The summed E-state index contributed by atoms with van der Waals surface area (Å²) < 4.78 is 5.05. The van der Waals surface area contributed by atoms with Gasteiger partial charge in [0.15, 0.2) is 0 Å². The molecule has 2 aliphatic rings. The Morgan fingerprint density at radius 1 is 1.19 bits per heavy atom. The van der Waals surface area contributed by atoms with Crippen LogP contribution in [0.25, 0.3) is 0 Å². The molecular weight excluding hydrogens is 346 g/mol. The van der Waals surface area contributed by atoms with Gasteiger partial charge in [0.1, 0.15) is 5.70 Å². The van der Waals surface area contributed by atoms with Gasteiger partial charge < -0.3 is 10.1 Å². The van der Waals surface area contributed by atoms with Crippen LogP contribution in [-0.2, 0) is 9.53 Å². The summed E-state index contributed by atoms with van der Waals surface area (Å²) in [5, 5.41) is 4.26. The summed E-state index contributed by atoms with van der Waals surface area (Å²) in [6, 6.07) is 7.95. The monoisotopic (exact) mass is 371 g/mol. The minimum Gasteiger partial charge on any atom is -0.464 e. The van der Waals surface area contributed by atoms with Crippen LogP contribution in [-0.4, -0.2) is 13.1 Å². The number of hydrogen-bond donors (Lipinski definition) is 1. The third kappa shape index (κ3) is 3.09. The summed E-state index contributed by atoms with van der Waals surface area (Å²) in [5.41, 5.74) is 3.86. The van der Waals surface area contributed by atoms with Gasteiger partial charge in [0.25, 0.3) is 0 Å². The van der Waals surface area contributed by atoms with Crippen molar-refractivity contribution >= 4 is 17.6 Å². The normalized spacial score (nSPS) is 20.5. The molecule has 1 heterocycles. The Morgan fingerprint density at radius 2 is 1.85 bits per heavy atom. The quantitative estimate of drug-likeness (QED) is 0.671. The Balaban J connectivity index is 2.19. The fourth-order valence-electron chi connectivity index (χ4n) is 4.49. The predicted octanol–water partition coefficient (Wildman–Crippen LogP) is 5.49. The number of ether oxygens (including phenoxy) is 1. The van der Waals surface area contributed by atoms with Crippen molar-refractivity contribution in [1.29, 1.82) is 0 Å². The summed E-state index contributed by atoms with van der Waals surface area (Å²) >= 11 is 6.11. The summed E-state index contributed by atoms with van der Waals surface area (Å²) in [6.07, 6.45) is 10.5. The minimum atomic E-state index is -0.321. The molecular formula is C22H26ClNO2. The first-order valence-electron chi connectivity index (χ1n) is 9.31. The average Bonchev–Trinajstić information content (AvgIpc) is 3.13. The van der Waals surface area contributed by atoms with Crippen molar-refractivity contribution in [3.8, 4) is 0 Å². The number of allylic oxidation sites excluding steroid dienone is 4. The third-order valence-electron chi connectivity index (χ3n) is 5.45. The zero-order valence-corrected chi connectivity index (χ0v) is 16.4.